The molecular weight excluding hydrogens is 358 g/mol. The number of hydrogen-bond acceptors (Lipinski definition) is 2. The molecule has 28 heavy (non-hydrogen) atoms. The van der Waals surface area contributed by atoms with Crippen molar-refractivity contribution in [3.63, 3.8) is 0 Å². The van der Waals surface area contributed by atoms with Gasteiger partial charge in [0.15, 0.2) is 0 Å². The van der Waals surface area contributed by atoms with E-state index in [0.29, 0.717) is 0 Å². The molecule has 4 heteroatoms. The van der Waals surface area contributed by atoms with Crippen molar-refractivity contribution < 1.29 is 0 Å². The molecule has 4 aromatic rings. The normalized spacial score (nSPS) is 11.4. The highest BCUT2D eigenvalue weighted by molar-refractivity contribution is 7.13. The van der Waals surface area contributed by atoms with Gasteiger partial charge in [-0.05, 0) is 22.5 Å². The van der Waals surface area contributed by atoms with Crippen molar-refractivity contribution in [1.82, 2.24) is 9.78 Å². The first-order valence-corrected chi connectivity index (χ1v) is 11.6. The first-order chi connectivity index (χ1) is 13.8. The van der Waals surface area contributed by atoms with Gasteiger partial charge in [0.2, 0.25) is 0 Å². The van der Waals surface area contributed by atoms with Crippen molar-refractivity contribution in [2.45, 2.75) is 6.92 Å². The third kappa shape index (κ3) is 3.06. The number of rotatable bonds is 6. The zero-order chi connectivity index (χ0) is 19.4. The van der Waals surface area contributed by atoms with Gasteiger partial charge in [-0.1, -0.05) is 91.0 Å². The summed E-state index contributed by atoms with van der Waals surface area (Å²) >= 11 is 0. The van der Waals surface area contributed by atoms with E-state index in [1.807, 2.05) is 17.9 Å². The average molecular weight is 384 g/mol. The highest BCUT2D eigenvalue weighted by atomic mass is 28.3. The number of anilines is 1. The first-order valence-electron chi connectivity index (χ1n) is 9.69. The smallest absolute Gasteiger partial charge is 0.253 e. The lowest BCUT2D eigenvalue weighted by atomic mass is 10.3. The van der Waals surface area contributed by atoms with Crippen molar-refractivity contribution >= 4 is 29.5 Å². The van der Waals surface area contributed by atoms with Crippen molar-refractivity contribution in [2.24, 2.45) is 7.05 Å². The molecule has 3 aromatic carbocycles. The Balaban J connectivity index is 2.09. The molecule has 0 radical (unpaired) electrons. The summed E-state index contributed by atoms with van der Waals surface area (Å²) in [6.45, 7) is 3.14. The van der Waals surface area contributed by atoms with Crippen molar-refractivity contribution in [1.29, 1.82) is 0 Å². The van der Waals surface area contributed by atoms with E-state index in [9.17, 15) is 0 Å². The second-order valence-electron chi connectivity index (χ2n) is 6.92. The van der Waals surface area contributed by atoms with Crippen LogP contribution < -0.4 is 20.1 Å². The number of nitrogens with zero attached hydrogens (tertiary/aromatic N) is 3. The molecule has 0 spiro atoms. The lowest BCUT2D eigenvalue weighted by Gasteiger charge is -2.43. The fourth-order valence-electron chi connectivity index (χ4n) is 4.17. The Labute approximate surface area is 168 Å². The molecule has 3 nitrogen and oxygen atoms in total. The van der Waals surface area contributed by atoms with E-state index in [2.05, 4.69) is 114 Å². The van der Waals surface area contributed by atoms with Crippen LogP contribution in [0.25, 0.3) is 0 Å². The predicted octanol–water partition coefficient (Wildman–Crippen LogP) is 2.91. The Morgan fingerprint density at radius 3 is 1.50 bits per heavy atom. The third-order valence-corrected chi connectivity index (χ3v) is 10.2. The van der Waals surface area contributed by atoms with Crippen LogP contribution in [0.1, 0.15) is 6.92 Å². The minimum atomic E-state index is -2.50. The summed E-state index contributed by atoms with van der Waals surface area (Å²) in [5, 5.41) is 8.60. The molecule has 0 aliphatic rings. The highest BCUT2D eigenvalue weighted by Gasteiger charge is 2.45. The molecular formula is C24H25N3Si. The van der Waals surface area contributed by atoms with Crippen LogP contribution in [0.2, 0.25) is 0 Å². The number of hydrogen-bond donors (Lipinski definition) is 0. The van der Waals surface area contributed by atoms with Gasteiger partial charge in [-0.25, -0.2) is 0 Å². The van der Waals surface area contributed by atoms with Crippen LogP contribution in [0, 0.1) is 0 Å². The summed E-state index contributed by atoms with van der Waals surface area (Å²) in [5.74, 6) is 0. The maximum atomic E-state index is 4.48. The van der Waals surface area contributed by atoms with E-state index in [1.165, 1.54) is 15.6 Å². The number of aryl methyl sites for hydroxylation is 1. The van der Waals surface area contributed by atoms with E-state index < -0.39 is 8.24 Å². The van der Waals surface area contributed by atoms with Crippen LogP contribution in [-0.4, -0.2) is 24.6 Å². The number of aromatic nitrogens is 2. The Morgan fingerprint density at radius 1 is 0.750 bits per heavy atom. The van der Waals surface area contributed by atoms with Crippen molar-refractivity contribution in [3.05, 3.63) is 103 Å². The Morgan fingerprint density at radius 2 is 1.18 bits per heavy atom. The zero-order valence-electron chi connectivity index (χ0n) is 16.4. The molecule has 0 aliphatic heterocycles. The van der Waals surface area contributed by atoms with Gasteiger partial charge in [0.1, 0.15) is 0 Å². The lowest BCUT2D eigenvalue weighted by Crippen LogP contribution is -2.77. The van der Waals surface area contributed by atoms with Gasteiger partial charge < -0.3 is 4.57 Å². The summed E-state index contributed by atoms with van der Waals surface area (Å²) in [6.07, 6.45) is 4.11. The molecule has 0 aliphatic carbocycles. The Hall–Kier alpha value is -3.11. The minimum Gasteiger partial charge on any atom is -0.384 e. The van der Waals surface area contributed by atoms with E-state index >= 15 is 0 Å². The summed E-state index contributed by atoms with van der Waals surface area (Å²) in [5.41, 5.74) is 1.16. The SMILES string of the molecule is CCN(c1cnn(C)c1)[Si](c1ccccc1)(c1ccccc1)c1ccccc1. The lowest BCUT2D eigenvalue weighted by molar-refractivity contribution is 0.767. The molecule has 0 saturated heterocycles. The Bertz CT molecular complexity index is 917. The highest BCUT2D eigenvalue weighted by Crippen LogP contribution is 2.21. The summed E-state index contributed by atoms with van der Waals surface area (Å²) in [6, 6.07) is 32.9. The maximum Gasteiger partial charge on any atom is 0.253 e. The van der Waals surface area contributed by atoms with Crippen molar-refractivity contribution in [3.8, 4) is 0 Å². The van der Waals surface area contributed by atoms with Gasteiger partial charge >= 0.3 is 0 Å². The average Bonchev–Trinajstić information content (AvgIpc) is 3.19. The molecule has 0 N–H and O–H groups in total. The van der Waals surface area contributed by atoms with Gasteiger partial charge in [-0.3, -0.25) is 4.68 Å². The fraction of sp³-hybridized carbons (Fsp3) is 0.125. The van der Waals surface area contributed by atoms with Gasteiger partial charge in [-0.15, -0.1) is 0 Å². The first kappa shape index (κ1) is 18.3. The van der Waals surface area contributed by atoms with Crippen LogP contribution in [-0.2, 0) is 7.05 Å². The molecule has 1 aromatic heterocycles. The standard InChI is InChI=1S/C24H25N3Si/c1-3-27(21-19-25-26(2)20-21)28(22-13-7-4-8-14-22,23-15-9-5-10-16-23)24-17-11-6-12-18-24/h4-20H,3H2,1-2H3. The summed E-state index contributed by atoms with van der Waals surface area (Å²) in [4.78, 5) is 0. The molecule has 0 saturated carbocycles. The third-order valence-electron chi connectivity index (χ3n) is 5.30. The second kappa shape index (κ2) is 7.86. The van der Waals surface area contributed by atoms with Gasteiger partial charge in [0.05, 0.1) is 11.9 Å². The predicted molar refractivity (Wildman–Crippen MR) is 120 cm³/mol. The topological polar surface area (TPSA) is 21.1 Å². The van der Waals surface area contributed by atoms with Crippen LogP contribution in [0.15, 0.2) is 103 Å². The van der Waals surface area contributed by atoms with E-state index in [1.54, 1.807) is 0 Å². The second-order valence-corrected chi connectivity index (χ2v) is 10.6. The molecule has 0 atom stereocenters. The summed E-state index contributed by atoms with van der Waals surface area (Å²) < 4.78 is 4.47. The van der Waals surface area contributed by atoms with E-state index in [-0.39, 0.29) is 0 Å². The fourth-order valence-corrected chi connectivity index (χ4v) is 9.10. The molecule has 0 amide bonds. The zero-order valence-corrected chi connectivity index (χ0v) is 17.4. The molecule has 0 bridgehead atoms. The molecule has 0 unspecified atom stereocenters. The van der Waals surface area contributed by atoms with Crippen LogP contribution in [0.4, 0.5) is 5.69 Å². The minimum absolute atomic E-state index is 0.899. The van der Waals surface area contributed by atoms with Crippen molar-refractivity contribution in [2.75, 3.05) is 11.1 Å². The molecule has 140 valence electrons. The molecule has 4 rings (SSSR count). The number of benzene rings is 3. The monoisotopic (exact) mass is 383 g/mol. The van der Waals surface area contributed by atoms with Crippen LogP contribution in [0.5, 0.6) is 0 Å². The molecule has 0 fully saturated rings. The van der Waals surface area contributed by atoms with Gasteiger partial charge in [-0.2, -0.15) is 5.10 Å². The van der Waals surface area contributed by atoms with Crippen LogP contribution in [0.3, 0.4) is 0 Å². The largest absolute Gasteiger partial charge is 0.384 e. The quantitative estimate of drug-likeness (QED) is 0.377. The van der Waals surface area contributed by atoms with Crippen LogP contribution >= 0.6 is 0 Å². The van der Waals surface area contributed by atoms with Gasteiger partial charge in [0, 0.05) is 19.8 Å². The van der Waals surface area contributed by atoms with E-state index in [4.69, 9.17) is 0 Å². The molecule has 1 heterocycles. The maximum absolute atomic E-state index is 4.48. The van der Waals surface area contributed by atoms with E-state index in [0.717, 1.165) is 12.2 Å². The van der Waals surface area contributed by atoms with Gasteiger partial charge in [0.25, 0.3) is 8.24 Å². The Kier molecular flexibility index (Phi) is 5.13. The summed E-state index contributed by atoms with van der Waals surface area (Å²) in [7, 11) is -0.520.